The van der Waals surface area contributed by atoms with E-state index in [0.29, 0.717) is 5.95 Å². The van der Waals surface area contributed by atoms with Gasteiger partial charge in [0.15, 0.2) is 0 Å². The second-order valence-electron chi connectivity index (χ2n) is 4.28. The van der Waals surface area contributed by atoms with Crippen LogP contribution in [0.15, 0.2) is 12.3 Å². The predicted molar refractivity (Wildman–Crippen MR) is 65.6 cm³/mol. The van der Waals surface area contributed by atoms with E-state index >= 15 is 0 Å². The molecule has 1 fully saturated rings. The standard InChI is InChI=1S/C12H15N5O/c1-9(11(18)17-6-2-3-7-17)15-12-14-5-4-10(8-13)16-12/h4-5,9H,2-3,6-7H2,1H3,(H,14,15,16). The highest BCUT2D eigenvalue weighted by Crippen LogP contribution is 2.10. The van der Waals surface area contributed by atoms with Crippen LogP contribution in [0.3, 0.4) is 0 Å². The van der Waals surface area contributed by atoms with Gasteiger partial charge in [0, 0.05) is 19.3 Å². The molecule has 1 aromatic rings. The number of carbonyl (C=O) groups excluding carboxylic acids is 1. The van der Waals surface area contributed by atoms with Crippen molar-refractivity contribution in [2.75, 3.05) is 18.4 Å². The van der Waals surface area contributed by atoms with Crippen LogP contribution in [0.5, 0.6) is 0 Å². The molecule has 1 saturated heterocycles. The molecule has 0 aliphatic carbocycles. The van der Waals surface area contributed by atoms with Gasteiger partial charge < -0.3 is 10.2 Å². The van der Waals surface area contributed by atoms with Gasteiger partial charge in [0.25, 0.3) is 0 Å². The fraction of sp³-hybridized carbons (Fsp3) is 0.500. The number of rotatable bonds is 3. The van der Waals surface area contributed by atoms with Crippen LogP contribution >= 0.6 is 0 Å². The van der Waals surface area contributed by atoms with Gasteiger partial charge in [0.1, 0.15) is 17.8 Å². The van der Waals surface area contributed by atoms with Gasteiger partial charge in [0.05, 0.1) is 0 Å². The number of hydrogen-bond donors (Lipinski definition) is 1. The highest BCUT2D eigenvalue weighted by atomic mass is 16.2. The van der Waals surface area contributed by atoms with Crippen LogP contribution < -0.4 is 5.32 Å². The summed E-state index contributed by atoms with van der Waals surface area (Å²) in [7, 11) is 0. The molecule has 0 bridgehead atoms. The van der Waals surface area contributed by atoms with Crippen LogP contribution in [0.25, 0.3) is 0 Å². The Bertz CT molecular complexity index is 476. The Hall–Kier alpha value is -2.16. The number of aromatic nitrogens is 2. The average Bonchev–Trinajstić information content (AvgIpc) is 2.92. The molecule has 18 heavy (non-hydrogen) atoms. The van der Waals surface area contributed by atoms with Crippen molar-refractivity contribution >= 4 is 11.9 Å². The summed E-state index contributed by atoms with van der Waals surface area (Å²) in [4.78, 5) is 21.9. The van der Waals surface area contributed by atoms with Crippen LogP contribution in [0.1, 0.15) is 25.5 Å². The zero-order chi connectivity index (χ0) is 13.0. The minimum Gasteiger partial charge on any atom is -0.343 e. The number of nitrogens with zero attached hydrogens (tertiary/aromatic N) is 4. The van der Waals surface area contributed by atoms with E-state index in [-0.39, 0.29) is 17.6 Å². The van der Waals surface area contributed by atoms with Gasteiger partial charge in [0.2, 0.25) is 11.9 Å². The Balaban J connectivity index is 1.99. The predicted octanol–water partition coefficient (Wildman–Crippen LogP) is 0.771. The van der Waals surface area contributed by atoms with Gasteiger partial charge in [-0.05, 0) is 25.8 Å². The van der Waals surface area contributed by atoms with Crippen LogP contribution in [-0.4, -0.2) is 39.9 Å². The molecule has 1 amide bonds. The van der Waals surface area contributed by atoms with Gasteiger partial charge in [-0.3, -0.25) is 4.79 Å². The minimum absolute atomic E-state index is 0.0541. The zero-order valence-electron chi connectivity index (χ0n) is 10.3. The summed E-state index contributed by atoms with van der Waals surface area (Å²) in [5.41, 5.74) is 0.285. The van der Waals surface area contributed by atoms with Gasteiger partial charge in [-0.2, -0.15) is 5.26 Å². The molecule has 2 heterocycles. The summed E-state index contributed by atoms with van der Waals surface area (Å²) < 4.78 is 0. The highest BCUT2D eigenvalue weighted by Gasteiger charge is 2.23. The monoisotopic (exact) mass is 245 g/mol. The van der Waals surface area contributed by atoms with Crippen LogP contribution in [-0.2, 0) is 4.79 Å². The molecule has 0 saturated carbocycles. The van der Waals surface area contributed by atoms with E-state index in [1.807, 2.05) is 11.0 Å². The lowest BCUT2D eigenvalue weighted by atomic mass is 10.3. The maximum atomic E-state index is 12.0. The maximum absolute atomic E-state index is 12.0. The number of nitriles is 1. The van der Waals surface area contributed by atoms with E-state index in [9.17, 15) is 4.79 Å². The first-order valence-electron chi connectivity index (χ1n) is 5.99. The Morgan fingerprint density at radius 2 is 2.28 bits per heavy atom. The fourth-order valence-corrected chi connectivity index (χ4v) is 1.96. The molecule has 1 aliphatic heterocycles. The molecular formula is C12H15N5O. The van der Waals surface area contributed by atoms with Gasteiger partial charge in [-0.15, -0.1) is 0 Å². The summed E-state index contributed by atoms with van der Waals surface area (Å²) in [6.07, 6.45) is 3.64. The maximum Gasteiger partial charge on any atom is 0.244 e. The van der Waals surface area contributed by atoms with Crippen molar-refractivity contribution in [3.05, 3.63) is 18.0 Å². The SMILES string of the molecule is CC(Nc1nccc(C#N)n1)C(=O)N1CCCC1. The molecule has 0 radical (unpaired) electrons. The van der Waals surface area contributed by atoms with Crippen LogP contribution in [0.2, 0.25) is 0 Å². The molecule has 1 atom stereocenters. The molecule has 6 heteroatoms. The number of carbonyl (C=O) groups is 1. The Kier molecular flexibility index (Phi) is 3.72. The molecule has 1 unspecified atom stereocenters. The Morgan fingerprint density at radius 1 is 1.56 bits per heavy atom. The lowest BCUT2D eigenvalue weighted by molar-refractivity contribution is -0.130. The van der Waals surface area contributed by atoms with E-state index in [2.05, 4.69) is 15.3 Å². The second-order valence-corrected chi connectivity index (χ2v) is 4.28. The number of hydrogen-bond acceptors (Lipinski definition) is 5. The highest BCUT2D eigenvalue weighted by molar-refractivity contribution is 5.84. The Labute approximate surface area is 106 Å². The first-order valence-corrected chi connectivity index (χ1v) is 5.99. The van der Waals surface area contributed by atoms with E-state index in [0.717, 1.165) is 25.9 Å². The molecule has 6 nitrogen and oxygen atoms in total. The summed E-state index contributed by atoms with van der Waals surface area (Å²) >= 11 is 0. The average molecular weight is 245 g/mol. The van der Waals surface area contributed by atoms with E-state index < -0.39 is 0 Å². The molecular weight excluding hydrogens is 230 g/mol. The molecule has 1 N–H and O–H groups in total. The third kappa shape index (κ3) is 2.74. The summed E-state index contributed by atoms with van der Waals surface area (Å²) in [6, 6.07) is 3.09. The minimum atomic E-state index is -0.378. The number of amides is 1. The van der Waals surface area contributed by atoms with Crippen LogP contribution in [0.4, 0.5) is 5.95 Å². The zero-order valence-corrected chi connectivity index (χ0v) is 10.3. The van der Waals surface area contributed by atoms with E-state index in [1.165, 1.54) is 12.3 Å². The molecule has 0 aromatic carbocycles. The second kappa shape index (κ2) is 5.45. The quantitative estimate of drug-likeness (QED) is 0.850. The summed E-state index contributed by atoms with van der Waals surface area (Å²) in [5.74, 6) is 0.368. The van der Waals surface area contributed by atoms with Crippen molar-refractivity contribution in [2.24, 2.45) is 0 Å². The van der Waals surface area contributed by atoms with Crippen LogP contribution in [0, 0.1) is 11.3 Å². The fourth-order valence-electron chi connectivity index (χ4n) is 1.96. The lowest BCUT2D eigenvalue weighted by Crippen LogP contribution is -2.40. The molecule has 1 aliphatic rings. The first kappa shape index (κ1) is 12.3. The van der Waals surface area contributed by atoms with Gasteiger partial charge in [-0.25, -0.2) is 9.97 Å². The van der Waals surface area contributed by atoms with Gasteiger partial charge in [-0.1, -0.05) is 0 Å². The van der Waals surface area contributed by atoms with Crippen molar-refractivity contribution in [3.63, 3.8) is 0 Å². The number of likely N-dealkylation sites (tertiary alicyclic amines) is 1. The normalized spacial score (nSPS) is 16.1. The van der Waals surface area contributed by atoms with Crippen molar-refractivity contribution in [1.29, 1.82) is 5.26 Å². The topological polar surface area (TPSA) is 81.9 Å². The van der Waals surface area contributed by atoms with E-state index in [4.69, 9.17) is 5.26 Å². The third-order valence-electron chi connectivity index (χ3n) is 2.90. The molecule has 0 spiro atoms. The smallest absolute Gasteiger partial charge is 0.244 e. The molecule has 2 rings (SSSR count). The van der Waals surface area contributed by atoms with Crippen molar-refractivity contribution in [2.45, 2.75) is 25.8 Å². The largest absolute Gasteiger partial charge is 0.343 e. The van der Waals surface area contributed by atoms with Crippen molar-refractivity contribution in [1.82, 2.24) is 14.9 Å². The third-order valence-corrected chi connectivity index (χ3v) is 2.90. The van der Waals surface area contributed by atoms with Gasteiger partial charge >= 0.3 is 0 Å². The first-order chi connectivity index (χ1) is 8.70. The number of anilines is 1. The van der Waals surface area contributed by atoms with Crippen molar-refractivity contribution in [3.8, 4) is 6.07 Å². The molecule has 94 valence electrons. The summed E-state index contributed by atoms with van der Waals surface area (Å²) in [5, 5.41) is 11.7. The van der Waals surface area contributed by atoms with Crippen molar-refractivity contribution < 1.29 is 4.79 Å². The lowest BCUT2D eigenvalue weighted by Gasteiger charge is -2.20. The summed E-state index contributed by atoms with van der Waals surface area (Å²) in [6.45, 7) is 3.43. The molecule has 1 aromatic heterocycles. The van der Waals surface area contributed by atoms with E-state index in [1.54, 1.807) is 6.92 Å². The Morgan fingerprint density at radius 3 is 2.94 bits per heavy atom. The number of nitrogens with one attached hydrogen (secondary N) is 1.